The Hall–Kier alpha value is -4.53. The highest BCUT2D eigenvalue weighted by Gasteiger charge is 2.12. The van der Waals surface area contributed by atoms with Crippen LogP contribution in [-0.2, 0) is 6.54 Å². The third-order valence-electron chi connectivity index (χ3n) is 5.03. The molecule has 2 heterocycles. The summed E-state index contributed by atoms with van der Waals surface area (Å²) in [6, 6.07) is 19.9. The van der Waals surface area contributed by atoms with E-state index in [9.17, 15) is 14.9 Å². The van der Waals surface area contributed by atoms with Crippen molar-refractivity contribution in [3.05, 3.63) is 82.4 Å². The summed E-state index contributed by atoms with van der Waals surface area (Å²) in [5, 5.41) is 19.9. The smallest absolute Gasteiger partial charge is 0.313 e. The highest BCUT2D eigenvalue weighted by atomic mass is 16.6. The molecule has 0 saturated carbocycles. The number of para-hydroxylation sites is 2. The molecule has 9 nitrogen and oxygen atoms in total. The molecule has 2 N–H and O–H groups in total. The Labute approximate surface area is 182 Å². The monoisotopic (exact) mass is 429 g/mol. The summed E-state index contributed by atoms with van der Waals surface area (Å²) in [4.78, 5) is 21.1. The number of rotatable bonds is 4. The van der Waals surface area contributed by atoms with Gasteiger partial charge in [-0.2, -0.15) is 0 Å². The number of non-ortho nitro benzene ring substituents is 1. The fraction of sp³-hybridized carbons (Fsp3) is 0.0870. The first-order valence-corrected chi connectivity index (χ1v) is 9.82. The van der Waals surface area contributed by atoms with Gasteiger partial charge in [-0.3, -0.25) is 14.9 Å². The van der Waals surface area contributed by atoms with Crippen molar-refractivity contribution in [3.8, 4) is 11.5 Å². The summed E-state index contributed by atoms with van der Waals surface area (Å²) in [5.74, 6) is 0.238. The average Bonchev–Trinajstić information content (AvgIpc) is 3.40. The molecule has 0 atom stereocenters. The highest BCUT2D eigenvalue weighted by Crippen LogP contribution is 2.30. The number of aryl methyl sites for hydroxylation is 1. The van der Waals surface area contributed by atoms with Crippen LogP contribution in [0.2, 0.25) is 0 Å². The van der Waals surface area contributed by atoms with Gasteiger partial charge in [0, 0.05) is 46.1 Å². The van der Waals surface area contributed by atoms with Crippen LogP contribution in [0.25, 0.3) is 33.3 Å². The number of benzene rings is 3. The van der Waals surface area contributed by atoms with Crippen molar-refractivity contribution in [2.45, 2.75) is 13.5 Å². The molecule has 9 heteroatoms. The normalized spacial score (nSPS) is 10.7. The van der Waals surface area contributed by atoms with E-state index < -0.39 is 4.92 Å². The average molecular weight is 429 g/mol. The molecular formula is C23H19N5O4. The lowest BCUT2D eigenvalue weighted by atomic mass is 10.1. The summed E-state index contributed by atoms with van der Waals surface area (Å²) < 4.78 is 7.16. The SMILES string of the molecule is CCn1c2ccccc2c2cccc(C=O)c21.Nc1nnc(-c2ccc([N+](=O)[O-])cc2)o1. The van der Waals surface area contributed by atoms with Crippen LogP contribution in [0.15, 0.2) is 71.1 Å². The van der Waals surface area contributed by atoms with Crippen molar-refractivity contribution in [2.75, 3.05) is 5.73 Å². The molecule has 3 aromatic carbocycles. The molecule has 160 valence electrons. The third-order valence-corrected chi connectivity index (χ3v) is 5.03. The molecule has 0 radical (unpaired) electrons. The molecule has 2 aromatic heterocycles. The number of hydrogen-bond donors (Lipinski definition) is 1. The van der Waals surface area contributed by atoms with E-state index in [1.54, 1.807) is 0 Å². The zero-order valence-corrected chi connectivity index (χ0v) is 17.1. The van der Waals surface area contributed by atoms with Crippen LogP contribution in [0.1, 0.15) is 17.3 Å². The largest absolute Gasteiger partial charge is 0.404 e. The van der Waals surface area contributed by atoms with Crippen molar-refractivity contribution in [2.24, 2.45) is 0 Å². The van der Waals surface area contributed by atoms with Crippen LogP contribution in [0.4, 0.5) is 11.7 Å². The van der Waals surface area contributed by atoms with Gasteiger partial charge in [0.15, 0.2) is 6.29 Å². The Balaban J connectivity index is 0.000000155. The minimum atomic E-state index is -0.480. The Morgan fingerprint density at radius 1 is 1.03 bits per heavy atom. The van der Waals surface area contributed by atoms with Crippen molar-refractivity contribution in [3.63, 3.8) is 0 Å². The van der Waals surface area contributed by atoms with Crippen LogP contribution in [0.3, 0.4) is 0 Å². The van der Waals surface area contributed by atoms with Gasteiger partial charge >= 0.3 is 6.01 Å². The van der Waals surface area contributed by atoms with Gasteiger partial charge in [-0.25, -0.2) is 0 Å². The fourth-order valence-electron chi connectivity index (χ4n) is 3.64. The predicted octanol–water partition coefficient (Wildman–Crippen LogP) is 4.85. The minimum Gasteiger partial charge on any atom is -0.404 e. The maximum absolute atomic E-state index is 11.2. The molecule has 32 heavy (non-hydrogen) atoms. The van der Waals surface area contributed by atoms with Crippen LogP contribution in [0.5, 0.6) is 0 Å². The number of fused-ring (bicyclic) bond motifs is 3. The Bertz CT molecular complexity index is 1420. The van der Waals surface area contributed by atoms with Gasteiger partial charge in [-0.05, 0) is 31.2 Å². The van der Waals surface area contributed by atoms with Crippen LogP contribution in [0, 0.1) is 10.1 Å². The van der Waals surface area contributed by atoms with Gasteiger partial charge in [-0.15, -0.1) is 5.10 Å². The number of aldehydes is 1. The van der Waals surface area contributed by atoms with Gasteiger partial charge in [0.2, 0.25) is 5.89 Å². The zero-order chi connectivity index (χ0) is 22.7. The second-order valence-corrected chi connectivity index (χ2v) is 6.87. The molecule has 0 aliphatic rings. The second kappa shape index (κ2) is 8.68. The van der Waals surface area contributed by atoms with E-state index in [4.69, 9.17) is 10.2 Å². The number of nitro groups is 1. The summed E-state index contributed by atoms with van der Waals surface area (Å²) in [6.07, 6.45) is 0.938. The van der Waals surface area contributed by atoms with Gasteiger partial charge in [0.05, 0.1) is 10.4 Å². The van der Waals surface area contributed by atoms with Crippen molar-refractivity contribution in [1.82, 2.24) is 14.8 Å². The number of nitrogens with zero attached hydrogens (tertiary/aromatic N) is 4. The molecule has 0 fully saturated rings. The molecule has 0 aliphatic carbocycles. The number of nitrogens with two attached hydrogens (primary N) is 1. The molecule has 0 bridgehead atoms. The van der Waals surface area contributed by atoms with Gasteiger partial charge in [-0.1, -0.05) is 35.4 Å². The molecule has 0 spiro atoms. The van der Waals surface area contributed by atoms with Gasteiger partial charge in [0.1, 0.15) is 0 Å². The molecular weight excluding hydrogens is 410 g/mol. The lowest BCUT2D eigenvalue weighted by molar-refractivity contribution is -0.384. The second-order valence-electron chi connectivity index (χ2n) is 6.87. The molecule has 5 aromatic rings. The quantitative estimate of drug-likeness (QED) is 0.245. The number of aromatic nitrogens is 3. The van der Waals surface area contributed by atoms with E-state index >= 15 is 0 Å². The lowest BCUT2D eigenvalue weighted by Gasteiger charge is -2.04. The van der Waals surface area contributed by atoms with Crippen LogP contribution < -0.4 is 5.73 Å². The fourth-order valence-corrected chi connectivity index (χ4v) is 3.64. The summed E-state index contributed by atoms with van der Waals surface area (Å²) in [7, 11) is 0. The minimum absolute atomic E-state index is 0.00578. The van der Waals surface area contributed by atoms with Crippen molar-refractivity contribution >= 4 is 39.8 Å². The zero-order valence-electron chi connectivity index (χ0n) is 17.1. The number of nitro benzene ring substituents is 1. The van der Waals surface area contributed by atoms with E-state index in [1.165, 1.54) is 35.2 Å². The summed E-state index contributed by atoms with van der Waals surface area (Å²) in [5.41, 5.74) is 8.84. The summed E-state index contributed by atoms with van der Waals surface area (Å²) >= 11 is 0. The highest BCUT2D eigenvalue weighted by molar-refractivity contribution is 6.12. The number of nitrogen functional groups attached to an aromatic ring is 1. The topological polar surface area (TPSA) is 130 Å². The Morgan fingerprint density at radius 3 is 2.38 bits per heavy atom. The maximum atomic E-state index is 11.2. The van der Waals surface area contributed by atoms with Crippen LogP contribution in [-0.4, -0.2) is 26.0 Å². The number of hydrogen-bond acceptors (Lipinski definition) is 7. The summed E-state index contributed by atoms with van der Waals surface area (Å²) in [6.45, 7) is 2.97. The first kappa shape index (κ1) is 20.7. The molecule has 0 saturated heterocycles. The number of anilines is 1. The van der Waals surface area contributed by atoms with E-state index in [2.05, 4.69) is 39.9 Å². The van der Waals surface area contributed by atoms with Gasteiger partial charge in [0.25, 0.3) is 5.69 Å². The van der Waals surface area contributed by atoms with E-state index in [0.717, 1.165) is 29.3 Å². The molecule has 0 aliphatic heterocycles. The van der Waals surface area contributed by atoms with E-state index in [1.807, 2.05) is 24.3 Å². The maximum Gasteiger partial charge on any atom is 0.313 e. The first-order chi connectivity index (χ1) is 15.5. The molecule has 0 amide bonds. The molecule has 0 unspecified atom stereocenters. The number of carbonyl (C=O) groups is 1. The van der Waals surface area contributed by atoms with E-state index in [-0.39, 0.29) is 17.6 Å². The Morgan fingerprint density at radius 2 is 1.75 bits per heavy atom. The Kier molecular flexibility index (Phi) is 5.63. The predicted molar refractivity (Wildman–Crippen MR) is 121 cm³/mol. The standard InChI is InChI=1S/C15H13NO.C8H6N4O3/c1-2-16-14-9-4-3-7-12(14)13-8-5-6-11(10-17)15(13)16;9-8-11-10-7(15-8)5-1-3-6(4-2-5)12(13)14/h3-10H,2H2,1H3;1-4H,(H2,9,11). The lowest BCUT2D eigenvalue weighted by Crippen LogP contribution is -1.95. The van der Waals surface area contributed by atoms with Crippen LogP contribution >= 0.6 is 0 Å². The van der Waals surface area contributed by atoms with E-state index in [0.29, 0.717) is 5.56 Å². The van der Waals surface area contributed by atoms with Gasteiger partial charge < -0.3 is 14.7 Å². The first-order valence-electron chi connectivity index (χ1n) is 9.82. The number of carbonyl (C=O) groups excluding carboxylic acids is 1. The van der Waals surface area contributed by atoms with Crippen molar-refractivity contribution in [1.29, 1.82) is 0 Å². The third kappa shape index (κ3) is 3.79. The van der Waals surface area contributed by atoms with Crippen molar-refractivity contribution < 1.29 is 14.1 Å². The molecule has 5 rings (SSSR count).